The summed E-state index contributed by atoms with van der Waals surface area (Å²) < 4.78 is 1.67. The number of hydrogen-bond donors (Lipinski definition) is 2. The summed E-state index contributed by atoms with van der Waals surface area (Å²) in [5, 5.41) is 5.72. The number of hydrogen-bond acceptors (Lipinski definition) is 4. The second kappa shape index (κ2) is 7.64. The van der Waals surface area contributed by atoms with Gasteiger partial charge in [0.15, 0.2) is 0 Å². The first kappa shape index (κ1) is 17.9. The maximum Gasteiger partial charge on any atom is 0.271 e. The van der Waals surface area contributed by atoms with Gasteiger partial charge in [0, 0.05) is 18.7 Å². The molecule has 142 valence electrons. The predicted octanol–water partition coefficient (Wildman–Crippen LogP) is 2.85. The van der Waals surface area contributed by atoms with Crippen LogP contribution in [0.25, 0.3) is 5.82 Å². The van der Waals surface area contributed by atoms with E-state index < -0.39 is 0 Å². The Bertz CT molecular complexity index is 988. The maximum absolute atomic E-state index is 12.3. The molecule has 7 nitrogen and oxygen atoms in total. The van der Waals surface area contributed by atoms with Gasteiger partial charge in [0.25, 0.3) is 5.91 Å². The van der Waals surface area contributed by atoms with E-state index in [1.165, 1.54) is 5.56 Å². The Balaban J connectivity index is 1.37. The summed E-state index contributed by atoms with van der Waals surface area (Å²) in [7, 11) is 0. The standard InChI is InChI=1S/C21H21N5O2/c1-14-2-4-15(5-3-14)10-23-21(28)18-12-26(13-24-18)19-9-8-17(11-22-19)25-20(27)16-6-7-16/h2-5,8-9,11-13,16H,6-7,10H2,1H3,(H,23,28)(H,25,27). The van der Waals surface area contributed by atoms with Crippen molar-refractivity contribution >= 4 is 17.5 Å². The van der Waals surface area contributed by atoms with Gasteiger partial charge < -0.3 is 10.6 Å². The third-order valence-electron chi connectivity index (χ3n) is 4.62. The van der Waals surface area contributed by atoms with Gasteiger partial charge in [-0.05, 0) is 37.5 Å². The van der Waals surface area contributed by atoms with Crippen molar-refractivity contribution in [3.63, 3.8) is 0 Å². The summed E-state index contributed by atoms with van der Waals surface area (Å²) in [6, 6.07) is 11.6. The molecule has 0 atom stereocenters. The summed E-state index contributed by atoms with van der Waals surface area (Å²) >= 11 is 0. The molecule has 1 aliphatic rings. The van der Waals surface area contributed by atoms with Crippen molar-refractivity contribution in [2.75, 3.05) is 5.32 Å². The molecule has 1 aromatic carbocycles. The number of benzene rings is 1. The molecule has 2 heterocycles. The number of pyridine rings is 1. The van der Waals surface area contributed by atoms with E-state index >= 15 is 0 Å². The number of amides is 2. The molecule has 0 saturated heterocycles. The van der Waals surface area contributed by atoms with Gasteiger partial charge in [0.1, 0.15) is 17.8 Å². The van der Waals surface area contributed by atoms with Crippen LogP contribution in [0.3, 0.4) is 0 Å². The Hall–Kier alpha value is -3.48. The first-order chi connectivity index (χ1) is 13.6. The molecule has 28 heavy (non-hydrogen) atoms. The lowest BCUT2D eigenvalue weighted by Crippen LogP contribution is -2.23. The Morgan fingerprint density at radius 1 is 1.11 bits per heavy atom. The highest BCUT2D eigenvalue weighted by Gasteiger charge is 2.29. The summed E-state index contributed by atoms with van der Waals surface area (Å²) in [6.07, 6.45) is 6.70. The molecule has 0 bridgehead atoms. The summed E-state index contributed by atoms with van der Waals surface area (Å²) in [5.41, 5.74) is 3.19. The largest absolute Gasteiger partial charge is 0.347 e. The zero-order valence-corrected chi connectivity index (χ0v) is 15.6. The topological polar surface area (TPSA) is 88.9 Å². The number of aryl methyl sites for hydroxylation is 1. The summed E-state index contributed by atoms with van der Waals surface area (Å²) in [6.45, 7) is 2.47. The highest BCUT2D eigenvalue weighted by Crippen LogP contribution is 2.30. The molecule has 4 rings (SSSR count). The first-order valence-corrected chi connectivity index (χ1v) is 9.23. The van der Waals surface area contributed by atoms with Crippen molar-refractivity contribution in [2.24, 2.45) is 5.92 Å². The van der Waals surface area contributed by atoms with Crippen LogP contribution in [0, 0.1) is 12.8 Å². The molecule has 2 amide bonds. The predicted molar refractivity (Wildman–Crippen MR) is 105 cm³/mol. The monoisotopic (exact) mass is 375 g/mol. The van der Waals surface area contributed by atoms with E-state index in [4.69, 9.17) is 0 Å². The lowest BCUT2D eigenvalue weighted by atomic mass is 10.1. The number of nitrogens with one attached hydrogen (secondary N) is 2. The fraction of sp³-hybridized carbons (Fsp3) is 0.238. The molecule has 2 N–H and O–H groups in total. The highest BCUT2D eigenvalue weighted by molar-refractivity contribution is 5.94. The average Bonchev–Trinajstić information content (AvgIpc) is 3.45. The van der Waals surface area contributed by atoms with E-state index in [1.807, 2.05) is 31.2 Å². The molecule has 0 radical (unpaired) electrons. The number of anilines is 1. The van der Waals surface area contributed by atoms with Gasteiger partial charge in [-0.3, -0.25) is 14.2 Å². The zero-order valence-electron chi connectivity index (χ0n) is 15.6. The Morgan fingerprint density at radius 3 is 2.57 bits per heavy atom. The van der Waals surface area contributed by atoms with E-state index in [0.29, 0.717) is 23.7 Å². The SMILES string of the molecule is Cc1ccc(CNC(=O)c2cn(-c3ccc(NC(=O)C4CC4)cn3)cn2)cc1. The highest BCUT2D eigenvalue weighted by atomic mass is 16.2. The van der Waals surface area contributed by atoms with Gasteiger partial charge in [-0.1, -0.05) is 29.8 Å². The third kappa shape index (κ3) is 4.25. The lowest BCUT2D eigenvalue weighted by Gasteiger charge is -2.05. The molecule has 1 fully saturated rings. The average molecular weight is 375 g/mol. The second-order valence-corrected chi connectivity index (χ2v) is 7.00. The van der Waals surface area contributed by atoms with Gasteiger partial charge in [0.05, 0.1) is 11.9 Å². The molecule has 0 unspecified atom stereocenters. The molecule has 3 aromatic rings. The fourth-order valence-corrected chi connectivity index (χ4v) is 2.75. The summed E-state index contributed by atoms with van der Waals surface area (Å²) in [5.74, 6) is 0.571. The number of imidazole rings is 1. The molecular formula is C21H21N5O2. The van der Waals surface area contributed by atoms with Crippen LogP contribution in [-0.2, 0) is 11.3 Å². The van der Waals surface area contributed by atoms with Gasteiger partial charge in [-0.15, -0.1) is 0 Å². The van der Waals surface area contributed by atoms with E-state index in [1.54, 1.807) is 35.4 Å². The smallest absolute Gasteiger partial charge is 0.271 e. The molecule has 0 spiro atoms. The number of carbonyl (C=O) groups excluding carboxylic acids is 2. The van der Waals surface area contributed by atoms with Crippen LogP contribution >= 0.6 is 0 Å². The van der Waals surface area contributed by atoms with Gasteiger partial charge in [-0.2, -0.15) is 0 Å². The van der Waals surface area contributed by atoms with Crippen LogP contribution in [0.5, 0.6) is 0 Å². The third-order valence-corrected chi connectivity index (χ3v) is 4.62. The zero-order chi connectivity index (χ0) is 19.5. The van der Waals surface area contributed by atoms with Crippen molar-refractivity contribution in [1.29, 1.82) is 0 Å². The Labute approximate surface area is 162 Å². The van der Waals surface area contributed by atoms with Crippen molar-refractivity contribution in [1.82, 2.24) is 19.9 Å². The Morgan fingerprint density at radius 2 is 1.89 bits per heavy atom. The van der Waals surface area contributed by atoms with Crippen molar-refractivity contribution in [3.05, 3.63) is 71.9 Å². The maximum atomic E-state index is 12.3. The van der Waals surface area contributed by atoms with Crippen LogP contribution < -0.4 is 10.6 Å². The minimum Gasteiger partial charge on any atom is -0.347 e. The number of carbonyl (C=O) groups is 2. The Kier molecular flexibility index (Phi) is 4.89. The number of nitrogens with zero attached hydrogens (tertiary/aromatic N) is 3. The van der Waals surface area contributed by atoms with Gasteiger partial charge in [0.2, 0.25) is 5.91 Å². The molecule has 1 aliphatic carbocycles. The normalized spacial score (nSPS) is 13.2. The van der Waals surface area contributed by atoms with Crippen molar-refractivity contribution < 1.29 is 9.59 Å². The quantitative estimate of drug-likeness (QED) is 0.693. The first-order valence-electron chi connectivity index (χ1n) is 9.23. The van der Waals surface area contributed by atoms with Crippen LogP contribution in [0.4, 0.5) is 5.69 Å². The number of aromatic nitrogens is 3. The lowest BCUT2D eigenvalue weighted by molar-refractivity contribution is -0.117. The van der Waals surface area contributed by atoms with Gasteiger partial charge >= 0.3 is 0 Å². The van der Waals surface area contributed by atoms with Crippen molar-refractivity contribution in [2.45, 2.75) is 26.3 Å². The fourth-order valence-electron chi connectivity index (χ4n) is 2.75. The van der Waals surface area contributed by atoms with Crippen LogP contribution in [0.1, 0.15) is 34.5 Å². The molecule has 1 saturated carbocycles. The number of rotatable bonds is 6. The van der Waals surface area contributed by atoms with E-state index in [-0.39, 0.29) is 17.7 Å². The van der Waals surface area contributed by atoms with Crippen LogP contribution in [0.2, 0.25) is 0 Å². The van der Waals surface area contributed by atoms with Gasteiger partial charge in [-0.25, -0.2) is 9.97 Å². The van der Waals surface area contributed by atoms with E-state index in [9.17, 15) is 9.59 Å². The van der Waals surface area contributed by atoms with Crippen LogP contribution in [0.15, 0.2) is 55.1 Å². The second-order valence-electron chi connectivity index (χ2n) is 7.00. The molecule has 2 aromatic heterocycles. The van der Waals surface area contributed by atoms with Crippen molar-refractivity contribution in [3.8, 4) is 5.82 Å². The summed E-state index contributed by atoms with van der Waals surface area (Å²) in [4.78, 5) is 32.6. The van der Waals surface area contributed by atoms with E-state index in [0.717, 1.165) is 18.4 Å². The molecule has 0 aliphatic heterocycles. The molecular weight excluding hydrogens is 354 g/mol. The van der Waals surface area contributed by atoms with Crippen LogP contribution in [-0.4, -0.2) is 26.3 Å². The minimum atomic E-state index is -0.243. The molecule has 7 heteroatoms. The minimum absolute atomic E-state index is 0.0460. The van der Waals surface area contributed by atoms with E-state index in [2.05, 4.69) is 20.6 Å².